The number of hydrogen-bond acceptors (Lipinski definition) is 4. The molecule has 0 radical (unpaired) electrons. The predicted molar refractivity (Wildman–Crippen MR) is 104 cm³/mol. The van der Waals surface area contributed by atoms with Crippen molar-refractivity contribution in [1.29, 1.82) is 0 Å². The quantitative estimate of drug-likeness (QED) is 0.574. The first-order valence-corrected chi connectivity index (χ1v) is 9.31. The number of hydrogen-bond donors (Lipinski definition) is 1. The van der Waals surface area contributed by atoms with Crippen molar-refractivity contribution in [3.8, 4) is 22.5 Å². The van der Waals surface area contributed by atoms with Gasteiger partial charge in [0, 0.05) is 42.7 Å². The molecule has 140 valence electrons. The Hall–Kier alpha value is -3.25. The molecule has 0 amide bonds. The Morgan fingerprint density at radius 2 is 1.93 bits per heavy atom. The topological polar surface area (TPSA) is 58.0 Å². The van der Waals surface area contributed by atoms with Gasteiger partial charge in [0.05, 0.1) is 11.9 Å². The van der Waals surface area contributed by atoms with Gasteiger partial charge in [-0.25, -0.2) is 4.39 Å². The highest BCUT2D eigenvalue weighted by atomic mass is 19.1. The highest BCUT2D eigenvalue weighted by Gasteiger charge is 2.26. The van der Waals surface area contributed by atoms with Crippen molar-refractivity contribution in [1.82, 2.24) is 20.3 Å². The van der Waals surface area contributed by atoms with Gasteiger partial charge in [-0.15, -0.1) is 0 Å². The second-order valence-electron chi connectivity index (χ2n) is 7.04. The fourth-order valence-corrected chi connectivity index (χ4v) is 3.79. The van der Waals surface area contributed by atoms with Crippen LogP contribution >= 0.6 is 0 Å². The lowest BCUT2D eigenvalue weighted by molar-refractivity contribution is 0.229. The van der Waals surface area contributed by atoms with Crippen molar-refractivity contribution in [2.75, 3.05) is 6.54 Å². The van der Waals surface area contributed by atoms with Gasteiger partial charge >= 0.3 is 0 Å². The largest absolute Gasteiger partial charge is 0.360 e. The van der Waals surface area contributed by atoms with Crippen molar-refractivity contribution >= 4 is 0 Å². The van der Waals surface area contributed by atoms with Crippen molar-refractivity contribution in [2.45, 2.75) is 19.5 Å². The van der Waals surface area contributed by atoms with Gasteiger partial charge in [0.25, 0.3) is 0 Å². The number of fused-ring (bicyclic) bond motifs is 1. The summed E-state index contributed by atoms with van der Waals surface area (Å²) in [5, 5.41) is 11.6. The zero-order valence-electron chi connectivity index (χ0n) is 15.2. The van der Waals surface area contributed by atoms with E-state index in [1.54, 1.807) is 6.07 Å². The first kappa shape index (κ1) is 16.9. The molecule has 4 aromatic rings. The summed E-state index contributed by atoms with van der Waals surface area (Å²) < 4.78 is 19.2. The molecular formula is C22H19FN4O. The van der Waals surface area contributed by atoms with Gasteiger partial charge in [-0.1, -0.05) is 47.6 Å². The van der Waals surface area contributed by atoms with Crippen LogP contribution in [0.3, 0.4) is 0 Å². The standard InChI is InChI=1S/C22H19FN4O/c23-18-8-4-7-16(11-18)22-19-14-27(10-9-20(19)28-26-22)13-17-12-24-25-21(17)15-5-2-1-3-6-15/h1-8,11-12H,9-10,13-14H2,(H,24,25). The van der Waals surface area contributed by atoms with Gasteiger partial charge in [-0.05, 0) is 17.7 Å². The Morgan fingerprint density at radius 3 is 2.79 bits per heavy atom. The normalized spacial score (nSPS) is 14.2. The molecule has 0 saturated carbocycles. The molecule has 6 heteroatoms. The summed E-state index contributed by atoms with van der Waals surface area (Å²) in [6.07, 6.45) is 2.68. The van der Waals surface area contributed by atoms with E-state index in [-0.39, 0.29) is 5.82 Å². The van der Waals surface area contributed by atoms with Gasteiger partial charge in [-0.3, -0.25) is 10.00 Å². The first-order chi connectivity index (χ1) is 13.8. The van der Waals surface area contributed by atoms with E-state index in [4.69, 9.17) is 4.52 Å². The van der Waals surface area contributed by atoms with Crippen LogP contribution in [-0.2, 0) is 19.5 Å². The molecule has 28 heavy (non-hydrogen) atoms. The maximum atomic E-state index is 13.6. The molecule has 0 bridgehead atoms. The number of aromatic nitrogens is 3. The van der Waals surface area contributed by atoms with Crippen LogP contribution in [0.15, 0.2) is 65.3 Å². The Morgan fingerprint density at radius 1 is 1.07 bits per heavy atom. The summed E-state index contributed by atoms with van der Waals surface area (Å²) >= 11 is 0. The van der Waals surface area contributed by atoms with E-state index in [1.165, 1.54) is 12.1 Å². The minimum absolute atomic E-state index is 0.271. The lowest BCUT2D eigenvalue weighted by Gasteiger charge is -2.26. The van der Waals surface area contributed by atoms with E-state index in [0.717, 1.165) is 58.9 Å². The van der Waals surface area contributed by atoms with E-state index in [0.29, 0.717) is 6.54 Å². The molecule has 0 fully saturated rings. The van der Waals surface area contributed by atoms with Crippen molar-refractivity contribution in [3.63, 3.8) is 0 Å². The third kappa shape index (κ3) is 3.12. The predicted octanol–water partition coefficient (Wildman–Crippen LogP) is 4.43. The molecule has 0 aliphatic carbocycles. The highest BCUT2D eigenvalue weighted by molar-refractivity contribution is 5.64. The first-order valence-electron chi connectivity index (χ1n) is 9.31. The second kappa shape index (κ2) is 7.05. The lowest BCUT2D eigenvalue weighted by Crippen LogP contribution is -2.29. The fraction of sp³-hybridized carbons (Fsp3) is 0.182. The van der Waals surface area contributed by atoms with E-state index >= 15 is 0 Å². The van der Waals surface area contributed by atoms with Crippen LogP contribution in [-0.4, -0.2) is 26.8 Å². The minimum atomic E-state index is -0.271. The van der Waals surface area contributed by atoms with Gasteiger partial charge < -0.3 is 4.52 Å². The number of H-pyrrole nitrogens is 1. The van der Waals surface area contributed by atoms with Crippen LogP contribution in [0, 0.1) is 5.82 Å². The highest BCUT2D eigenvalue weighted by Crippen LogP contribution is 2.31. The molecule has 5 rings (SSSR count). The second-order valence-corrected chi connectivity index (χ2v) is 7.04. The van der Waals surface area contributed by atoms with Crippen LogP contribution in [0.5, 0.6) is 0 Å². The molecule has 0 spiro atoms. The Balaban J connectivity index is 1.40. The zero-order chi connectivity index (χ0) is 18.9. The third-order valence-electron chi connectivity index (χ3n) is 5.18. The van der Waals surface area contributed by atoms with Crippen LogP contribution in [0.2, 0.25) is 0 Å². The van der Waals surface area contributed by atoms with E-state index in [1.807, 2.05) is 30.5 Å². The van der Waals surface area contributed by atoms with Crippen LogP contribution < -0.4 is 0 Å². The Labute approximate surface area is 161 Å². The van der Waals surface area contributed by atoms with E-state index < -0.39 is 0 Å². The molecule has 1 N–H and O–H groups in total. The molecule has 1 aliphatic heterocycles. The van der Waals surface area contributed by atoms with Crippen LogP contribution in [0.1, 0.15) is 16.9 Å². The van der Waals surface area contributed by atoms with Crippen molar-refractivity contribution in [2.24, 2.45) is 0 Å². The molecule has 0 unspecified atom stereocenters. The SMILES string of the molecule is Fc1cccc(-c2noc3c2CN(Cc2cn[nH]c2-c2ccccc2)CC3)c1. The smallest absolute Gasteiger partial charge is 0.143 e. The van der Waals surface area contributed by atoms with Crippen LogP contribution in [0.4, 0.5) is 4.39 Å². The number of benzene rings is 2. The van der Waals surface area contributed by atoms with Gasteiger partial charge in [-0.2, -0.15) is 5.10 Å². The van der Waals surface area contributed by atoms with E-state index in [9.17, 15) is 4.39 Å². The Bertz CT molecular complexity index is 1100. The lowest BCUT2D eigenvalue weighted by atomic mass is 10.0. The summed E-state index contributed by atoms with van der Waals surface area (Å²) in [6.45, 7) is 2.36. The van der Waals surface area contributed by atoms with Crippen LogP contribution in [0.25, 0.3) is 22.5 Å². The summed E-state index contributed by atoms with van der Waals surface area (Å²) in [5.41, 5.74) is 5.84. The Kier molecular flexibility index (Phi) is 4.25. The molecular weight excluding hydrogens is 355 g/mol. The van der Waals surface area contributed by atoms with Gasteiger partial charge in [0.15, 0.2) is 0 Å². The zero-order valence-corrected chi connectivity index (χ0v) is 15.2. The monoisotopic (exact) mass is 374 g/mol. The summed E-state index contributed by atoms with van der Waals surface area (Å²) in [6, 6.07) is 16.7. The molecule has 0 saturated heterocycles. The van der Waals surface area contributed by atoms with Crippen molar-refractivity contribution < 1.29 is 8.91 Å². The minimum Gasteiger partial charge on any atom is -0.360 e. The summed E-state index contributed by atoms with van der Waals surface area (Å²) in [7, 11) is 0. The maximum Gasteiger partial charge on any atom is 0.143 e. The maximum absolute atomic E-state index is 13.6. The molecule has 3 heterocycles. The molecule has 2 aromatic carbocycles. The van der Waals surface area contributed by atoms with E-state index in [2.05, 4.69) is 32.4 Å². The molecule has 0 atom stereocenters. The summed E-state index contributed by atoms with van der Waals surface area (Å²) in [5.74, 6) is 0.624. The van der Waals surface area contributed by atoms with Gasteiger partial charge in [0.2, 0.25) is 0 Å². The third-order valence-corrected chi connectivity index (χ3v) is 5.18. The number of nitrogens with zero attached hydrogens (tertiary/aromatic N) is 3. The molecule has 2 aromatic heterocycles. The van der Waals surface area contributed by atoms with Crippen molar-refractivity contribution in [3.05, 3.63) is 83.5 Å². The number of halogens is 1. The van der Waals surface area contributed by atoms with Gasteiger partial charge in [0.1, 0.15) is 17.3 Å². The molecule has 1 aliphatic rings. The summed E-state index contributed by atoms with van der Waals surface area (Å²) in [4.78, 5) is 2.35. The number of aromatic amines is 1. The number of rotatable bonds is 4. The fourth-order valence-electron chi connectivity index (χ4n) is 3.79. The number of nitrogens with one attached hydrogen (secondary N) is 1. The average Bonchev–Trinajstić information content (AvgIpc) is 3.35. The molecule has 5 nitrogen and oxygen atoms in total. The average molecular weight is 374 g/mol.